The molecular formula is C11H12FNO. The molecule has 0 radical (unpaired) electrons. The summed E-state index contributed by atoms with van der Waals surface area (Å²) >= 11 is 0. The van der Waals surface area contributed by atoms with Crippen molar-refractivity contribution < 1.29 is 9.18 Å². The molecule has 0 aliphatic rings. The fraction of sp³-hybridized carbons (Fsp3) is 0.182. The van der Waals surface area contributed by atoms with Gasteiger partial charge in [-0.2, -0.15) is 0 Å². The third-order valence-corrected chi connectivity index (χ3v) is 1.92. The van der Waals surface area contributed by atoms with Gasteiger partial charge in [0.2, 0.25) is 5.91 Å². The van der Waals surface area contributed by atoms with E-state index in [1.54, 1.807) is 25.2 Å². The van der Waals surface area contributed by atoms with Crippen molar-refractivity contribution in [1.82, 2.24) is 4.90 Å². The average molecular weight is 193 g/mol. The topological polar surface area (TPSA) is 20.3 Å². The highest BCUT2D eigenvalue weighted by atomic mass is 19.1. The Bertz CT molecular complexity index is 349. The number of rotatable bonds is 3. The number of carbonyl (C=O) groups excluding carboxylic acids is 1. The SMILES string of the molecule is C=CC(=O)N(C)Cc1ccccc1F. The first-order valence-electron chi connectivity index (χ1n) is 4.26. The van der Waals surface area contributed by atoms with Gasteiger partial charge in [0.25, 0.3) is 0 Å². The van der Waals surface area contributed by atoms with E-state index in [0.29, 0.717) is 5.56 Å². The van der Waals surface area contributed by atoms with Gasteiger partial charge in [-0.15, -0.1) is 0 Å². The Labute approximate surface area is 82.7 Å². The van der Waals surface area contributed by atoms with Gasteiger partial charge in [0, 0.05) is 19.2 Å². The zero-order valence-corrected chi connectivity index (χ0v) is 8.03. The number of carbonyl (C=O) groups is 1. The Morgan fingerprint density at radius 1 is 1.57 bits per heavy atom. The van der Waals surface area contributed by atoms with Crippen molar-refractivity contribution in [3.8, 4) is 0 Å². The molecule has 74 valence electrons. The third kappa shape index (κ3) is 2.42. The van der Waals surface area contributed by atoms with E-state index < -0.39 is 0 Å². The molecule has 0 aromatic heterocycles. The molecule has 0 N–H and O–H groups in total. The Morgan fingerprint density at radius 3 is 2.79 bits per heavy atom. The minimum Gasteiger partial charge on any atom is -0.338 e. The zero-order chi connectivity index (χ0) is 10.6. The van der Waals surface area contributed by atoms with Gasteiger partial charge in [-0.25, -0.2) is 4.39 Å². The lowest BCUT2D eigenvalue weighted by molar-refractivity contribution is -0.125. The Hall–Kier alpha value is -1.64. The molecular weight excluding hydrogens is 181 g/mol. The lowest BCUT2D eigenvalue weighted by atomic mass is 10.2. The Kier molecular flexibility index (Phi) is 3.40. The van der Waals surface area contributed by atoms with Crippen molar-refractivity contribution in [2.75, 3.05) is 7.05 Å². The number of benzene rings is 1. The molecule has 0 aliphatic heterocycles. The van der Waals surface area contributed by atoms with Crippen LogP contribution in [0.4, 0.5) is 4.39 Å². The van der Waals surface area contributed by atoms with Crippen LogP contribution < -0.4 is 0 Å². The van der Waals surface area contributed by atoms with Crippen LogP contribution in [0, 0.1) is 5.82 Å². The molecule has 2 nitrogen and oxygen atoms in total. The van der Waals surface area contributed by atoms with E-state index in [4.69, 9.17) is 0 Å². The van der Waals surface area contributed by atoms with Gasteiger partial charge in [0.05, 0.1) is 0 Å². The smallest absolute Gasteiger partial charge is 0.245 e. The molecule has 14 heavy (non-hydrogen) atoms. The van der Waals surface area contributed by atoms with Crippen LogP contribution in [0.25, 0.3) is 0 Å². The summed E-state index contributed by atoms with van der Waals surface area (Å²) < 4.78 is 13.2. The first-order chi connectivity index (χ1) is 6.65. The summed E-state index contributed by atoms with van der Waals surface area (Å²) in [4.78, 5) is 12.5. The van der Waals surface area contributed by atoms with E-state index in [1.807, 2.05) is 0 Å². The molecule has 1 rings (SSSR count). The molecule has 0 saturated carbocycles. The van der Waals surface area contributed by atoms with Gasteiger partial charge in [0.15, 0.2) is 0 Å². The van der Waals surface area contributed by atoms with Crippen LogP contribution in [0.2, 0.25) is 0 Å². The maximum atomic E-state index is 13.2. The largest absolute Gasteiger partial charge is 0.338 e. The van der Waals surface area contributed by atoms with Crippen LogP contribution in [0.1, 0.15) is 5.56 Å². The van der Waals surface area contributed by atoms with Crippen molar-refractivity contribution in [2.45, 2.75) is 6.54 Å². The fourth-order valence-electron chi connectivity index (χ4n) is 1.12. The Balaban J connectivity index is 2.74. The minimum atomic E-state index is -0.295. The van der Waals surface area contributed by atoms with Crippen molar-refractivity contribution >= 4 is 5.91 Å². The van der Waals surface area contributed by atoms with E-state index in [0.717, 1.165) is 0 Å². The molecule has 0 spiro atoms. The molecule has 1 amide bonds. The van der Waals surface area contributed by atoms with Crippen LogP contribution >= 0.6 is 0 Å². The van der Waals surface area contributed by atoms with Crippen molar-refractivity contribution in [1.29, 1.82) is 0 Å². The molecule has 0 unspecified atom stereocenters. The van der Waals surface area contributed by atoms with Crippen LogP contribution in [-0.2, 0) is 11.3 Å². The van der Waals surface area contributed by atoms with E-state index in [9.17, 15) is 9.18 Å². The maximum absolute atomic E-state index is 13.2. The number of likely N-dealkylation sites (N-methyl/N-ethyl adjacent to an activating group) is 1. The lowest BCUT2D eigenvalue weighted by Crippen LogP contribution is -2.24. The molecule has 1 aromatic carbocycles. The maximum Gasteiger partial charge on any atom is 0.245 e. The van der Waals surface area contributed by atoms with Crippen molar-refractivity contribution in [2.24, 2.45) is 0 Å². The average Bonchev–Trinajstić information content (AvgIpc) is 2.20. The molecule has 0 aliphatic carbocycles. The molecule has 0 atom stereocenters. The second-order valence-corrected chi connectivity index (χ2v) is 2.99. The summed E-state index contributed by atoms with van der Waals surface area (Å²) in [7, 11) is 1.61. The highest BCUT2D eigenvalue weighted by molar-refractivity contribution is 5.86. The third-order valence-electron chi connectivity index (χ3n) is 1.92. The van der Waals surface area contributed by atoms with Gasteiger partial charge >= 0.3 is 0 Å². The summed E-state index contributed by atoms with van der Waals surface area (Å²) in [6.07, 6.45) is 1.21. The number of halogens is 1. The molecule has 0 fully saturated rings. The second-order valence-electron chi connectivity index (χ2n) is 2.99. The lowest BCUT2D eigenvalue weighted by Gasteiger charge is -2.15. The van der Waals surface area contributed by atoms with E-state index >= 15 is 0 Å². The predicted octanol–water partition coefficient (Wildman–Crippen LogP) is 1.97. The number of amides is 1. The van der Waals surface area contributed by atoms with Crippen LogP contribution in [-0.4, -0.2) is 17.9 Å². The summed E-state index contributed by atoms with van der Waals surface area (Å²) in [5.74, 6) is -0.510. The Morgan fingerprint density at radius 2 is 2.21 bits per heavy atom. The monoisotopic (exact) mass is 193 g/mol. The molecule has 1 aromatic rings. The summed E-state index contributed by atoms with van der Waals surface area (Å²) in [6, 6.07) is 6.39. The summed E-state index contributed by atoms with van der Waals surface area (Å²) in [5, 5.41) is 0. The predicted molar refractivity (Wildman–Crippen MR) is 53.1 cm³/mol. The quantitative estimate of drug-likeness (QED) is 0.672. The first kappa shape index (κ1) is 10.4. The molecule has 3 heteroatoms. The standard InChI is InChI=1S/C11H12FNO/c1-3-11(14)13(2)8-9-6-4-5-7-10(9)12/h3-7H,1,8H2,2H3. The highest BCUT2D eigenvalue weighted by Crippen LogP contribution is 2.08. The number of hydrogen-bond acceptors (Lipinski definition) is 1. The second kappa shape index (κ2) is 4.56. The first-order valence-corrected chi connectivity index (χ1v) is 4.26. The molecule has 0 heterocycles. The zero-order valence-electron chi connectivity index (χ0n) is 8.03. The van der Waals surface area contributed by atoms with Crippen molar-refractivity contribution in [3.63, 3.8) is 0 Å². The number of nitrogens with zero attached hydrogens (tertiary/aromatic N) is 1. The number of hydrogen-bond donors (Lipinski definition) is 0. The van der Waals surface area contributed by atoms with Gasteiger partial charge in [-0.05, 0) is 12.1 Å². The van der Waals surface area contributed by atoms with Crippen LogP contribution in [0.5, 0.6) is 0 Å². The van der Waals surface area contributed by atoms with E-state index in [2.05, 4.69) is 6.58 Å². The van der Waals surface area contributed by atoms with Crippen LogP contribution in [0.3, 0.4) is 0 Å². The minimum absolute atomic E-state index is 0.215. The van der Waals surface area contributed by atoms with Gasteiger partial charge in [-0.1, -0.05) is 24.8 Å². The fourth-order valence-corrected chi connectivity index (χ4v) is 1.12. The van der Waals surface area contributed by atoms with Gasteiger partial charge in [-0.3, -0.25) is 4.79 Å². The van der Waals surface area contributed by atoms with Crippen molar-refractivity contribution in [3.05, 3.63) is 48.3 Å². The van der Waals surface area contributed by atoms with Crippen LogP contribution in [0.15, 0.2) is 36.9 Å². The van der Waals surface area contributed by atoms with Gasteiger partial charge in [0.1, 0.15) is 5.82 Å². The van der Waals surface area contributed by atoms with E-state index in [1.165, 1.54) is 17.0 Å². The summed E-state index contributed by atoms with van der Waals surface area (Å²) in [6.45, 7) is 3.62. The van der Waals surface area contributed by atoms with E-state index in [-0.39, 0.29) is 18.3 Å². The summed E-state index contributed by atoms with van der Waals surface area (Å²) in [5.41, 5.74) is 0.505. The highest BCUT2D eigenvalue weighted by Gasteiger charge is 2.07. The normalized spacial score (nSPS) is 9.57. The molecule has 0 saturated heterocycles. The van der Waals surface area contributed by atoms with Gasteiger partial charge < -0.3 is 4.90 Å². The molecule has 0 bridgehead atoms.